The molecule has 0 saturated carbocycles. The first-order valence-electron chi connectivity index (χ1n) is 3.69. The van der Waals surface area contributed by atoms with E-state index < -0.39 is 0 Å². The maximum atomic E-state index is 5.33. The van der Waals surface area contributed by atoms with E-state index in [4.69, 9.17) is 4.74 Å². The Morgan fingerprint density at radius 2 is 2.64 bits per heavy atom. The summed E-state index contributed by atoms with van der Waals surface area (Å²) in [5.41, 5.74) is 0. The lowest BCUT2D eigenvalue weighted by molar-refractivity contribution is 0.378. The monoisotopic (exact) mass is 171 g/mol. The van der Waals surface area contributed by atoms with E-state index in [-0.39, 0.29) is 0 Å². The van der Waals surface area contributed by atoms with Crippen LogP contribution >= 0.6 is 11.8 Å². The van der Waals surface area contributed by atoms with Crippen molar-refractivity contribution < 1.29 is 4.74 Å². The van der Waals surface area contributed by atoms with Gasteiger partial charge in [0.2, 0.25) is 5.90 Å². The molecule has 1 unspecified atom stereocenters. The van der Waals surface area contributed by atoms with Gasteiger partial charge >= 0.3 is 0 Å². The molecule has 0 bridgehead atoms. The lowest BCUT2D eigenvalue weighted by atomic mass is 10.2. The zero-order valence-electron chi connectivity index (χ0n) is 6.91. The Balaban J connectivity index is 2.37. The van der Waals surface area contributed by atoms with Gasteiger partial charge in [0.25, 0.3) is 0 Å². The molecule has 1 aliphatic rings. The second-order valence-electron chi connectivity index (χ2n) is 2.51. The molecule has 0 aliphatic carbocycles. The van der Waals surface area contributed by atoms with E-state index in [2.05, 4.69) is 18.0 Å². The van der Waals surface area contributed by atoms with Gasteiger partial charge < -0.3 is 4.74 Å². The molecule has 0 aromatic rings. The molecular weight excluding hydrogens is 158 g/mol. The van der Waals surface area contributed by atoms with Crippen molar-refractivity contribution in [3.63, 3.8) is 0 Å². The summed E-state index contributed by atoms with van der Waals surface area (Å²) in [7, 11) is 0. The molecule has 0 saturated heterocycles. The van der Waals surface area contributed by atoms with E-state index >= 15 is 0 Å². The quantitative estimate of drug-likeness (QED) is 0.593. The average Bonchev–Trinajstić information content (AvgIpc) is 2.01. The van der Waals surface area contributed by atoms with Gasteiger partial charge in [0.15, 0.2) is 0 Å². The zero-order chi connectivity index (χ0) is 8.10. The molecule has 1 rings (SSSR count). The molecule has 0 aromatic heterocycles. The average molecular weight is 171 g/mol. The van der Waals surface area contributed by atoms with Crippen LogP contribution in [-0.2, 0) is 4.74 Å². The van der Waals surface area contributed by atoms with E-state index in [1.165, 1.54) is 0 Å². The third-order valence-electron chi connectivity index (χ3n) is 1.41. The van der Waals surface area contributed by atoms with Gasteiger partial charge in [0.1, 0.15) is 5.94 Å². The molecule has 3 heteroatoms. The molecule has 11 heavy (non-hydrogen) atoms. The number of hydrogen-bond acceptors (Lipinski definition) is 3. The highest BCUT2D eigenvalue weighted by Crippen LogP contribution is 2.07. The van der Waals surface area contributed by atoms with E-state index in [1.54, 1.807) is 11.8 Å². The van der Waals surface area contributed by atoms with Crippen molar-refractivity contribution in [3.8, 4) is 0 Å². The first kappa shape index (κ1) is 8.65. The third-order valence-corrected chi connectivity index (χ3v) is 1.76. The molecule has 0 N–H and O–H groups in total. The van der Waals surface area contributed by atoms with Crippen molar-refractivity contribution in [2.45, 2.75) is 19.4 Å². The van der Waals surface area contributed by atoms with Crippen molar-refractivity contribution in [2.75, 3.05) is 12.2 Å². The second-order valence-corrected chi connectivity index (χ2v) is 3.32. The fourth-order valence-electron chi connectivity index (χ4n) is 0.883. The summed E-state index contributed by atoms with van der Waals surface area (Å²) in [5.74, 6) is 1.47. The summed E-state index contributed by atoms with van der Waals surface area (Å²) in [6, 6.07) is 0.386. The molecule has 0 fully saturated rings. The SMILES string of the molecule is CSCOC1=NC(C)CC=C1. The summed E-state index contributed by atoms with van der Waals surface area (Å²) in [6.07, 6.45) is 7.09. The van der Waals surface area contributed by atoms with Gasteiger partial charge in [-0.25, -0.2) is 4.99 Å². The molecule has 1 atom stereocenters. The number of thioether (sulfide) groups is 1. The van der Waals surface area contributed by atoms with Gasteiger partial charge in [-0.2, -0.15) is 0 Å². The first-order chi connectivity index (χ1) is 5.33. The van der Waals surface area contributed by atoms with E-state index in [1.807, 2.05) is 12.3 Å². The highest BCUT2D eigenvalue weighted by Gasteiger charge is 2.04. The van der Waals surface area contributed by atoms with Crippen molar-refractivity contribution in [3.05, 3.63) is 12.2 Å². The highest BCUT2D eigenvalue weighted by molar-refractivity contribution is 7.98. The number of ether oxygens (including phenoxy) is 1. The highest BCUT2D eigenvalue weighted by atomic mass is 32.2. The van der Waals surface area contributed by atoms with Gasteiger partial charge in [-0.1, -0.05) is 6.08 Å². The van der Waals surface area contributed by atoms with Crippen molar-refractivity contribution in [1.82, 2.24) is 0 Å². The molecule has 62 valence electrons. The van der Waals surface area contributed by atoms with Gasteiger partial charge in [-0.3, -0.25) is 0 Å². The topological polar surface area (TPSA) is 21.6 Å². The predicted molar refractivity (Wildman–Crippen MR) is 50.1 cm³/mol. The van der Waals surface area contributed by atoms with Gasteiger partial charge in [-0.15, -0.1) is 11.8 Å². The van der Waals surface area contributed by atoms with Gasteiger partial charge in [0, 0.05) is 0 Å². The summed E-state index contributed by atoms with van der Waals surface area (Å²) >= 11 is 1.66. The minimum Gasteiger partial charge on any atom is -0.467 e. The summed E-state index contributed by atoms with van der Waals surface area (Å²) in [5, 5.41) is 0. The summed E-state index contributed by atoms with van der Waals surface area (Å²) in [6.45, 7) is 2.09. The summed E-state index contributed by atoms with van der Waals surface area (Å²) < 4.78 is 5.33. The second kappa shape index (κ2) is 4.44. The van der Waals surface area contributed by atoms with Crippen molar-refractivity contribution in [1.29, 1.82) is 0 Å². The predicted octanol–water partition coefficient (Wildman–Crippen LogP) is 2.07. The van der Waals surface area contributed by atoms with Crippen LogP contribution in [0.1, 0.15) is 13.3 Å². The number of aliphatic imine (C=N–C) groups is 1. The third kappa shape index (κ3) is 2.97. The maximum Gasteiger partial charge on any atom is 0.209 e. The lowest BCUT2D eigenvalue weighted by Crippen LogP contribution is -2.10. The number of hydrogen-bond donors (Lipinski definition) is 0. The smallest absolute Gasteiger partial charge is 0.209 e. The number of rotatable bonds is 2. The standard InChI is InChI=1S/C8H13NOS/c1-7-4-3-5-8(9-7)10-6-11-2/h3,5,7H,4,6H2,1-2H3. The van der Waals surface area contributed by atoms with Crippen LogP contribution in [0.25, 0.3) is 0 Å². The van der Waals surface area contributed by atoms with Gasteiger partial charge in [0.05, 0.1) is 6.04 Å². The van der Waals surface area contributed by atoms with Crippen LogP contribution in [-0.4, -0.2) is 24.1 Å². The normalized spacial score (nSPS) is 23.1. The van der Waals surface area contributed by atoms with Crippen molar-refractivity contribution in [2.24, 2.45) is 4.99 Å². The summed E-state index contributed by atoms with van der Waals surface area (Å²) in [4.78, 5) is 4.31. The van der Waals surface area contributed by atoms with E-state index in [0.717, 1.165) is 12.3 Å². The van der Waals surface area contributed by atoms with Crippen LogP contribution in [0.2, 0.25) is 0 Å². The Bertz CT molecular complexity index is 177. The van der Waals surface area contributed by atoms with E-state index in [0.29, 0.717) is 12.0 Å². The fraction of sp³-hybridized carbons (Fsp3) is 0.625. The van der Waals surface area contributed by atoms with Crippen LogP contribution in [0.3, 0.4) is 0 Å². The molecule has 1 aliphatic heterocycles. The molecule has 0 spiro atoms. The molecule has 2 nitrogen and oxygen atoms in total. The van der Waals surface area contributed by atoms with Crippen molar-refractivity contribution >= 4 is 17.7 Å². The fourth-order valence-corrected chi connectivity index (χ4v) is 1.12. The minimum absolute atomic E-state index is 0.386. The minimum atomic E-state index is 0.386. The largest absolute Gasteiger partial charge is 0.467 e. The molecular formula is C8H13NOS. The Morgan fingerprint density at radius 1 is 1.82 bits per heavy atom. The molecule has 0 radical (unpaired) electrons. The van der Waals surface area contributed by atoms with Crippen LogP contribution in [0.5, 0.6) is 0 Å². The Labute approximate surface area is 71.7 Å². The van der Waals surface area contributed by atoms with Crippen LogP contribution in [0.15, 0.2) is 17.1 Å². The molecule has 0 amide bonds. The van der Waals surface area contributed by atoms with Crippen LogP contribution < -0.4 is 0 Å². The lowest BCUT2D eigenvalue weighted by Gasteiger charge is -2.11. The van der Waals surface area contributed by atoms with Crippen LogP contribution in [0.4, 0.5) is 0 Å². The Kier molecular flexibility index (Phi) is 3.49. The zero-order valence-corrected chi connectivity index (χ0v) is 7.73. The number of nitrogens with zero attached hydrogens (tertiary/aromatic N) is 1. The van der Waals surface area contributed by atoms with Gasteiger partial charge in [-0.05, 0) is 25.7 Å². The van der Waals surface area contributed by atoms with E-state index in [9.17, 15) is 0 Å². The number of dihydropyridines is 1. The Hall–Kier alpha value is -0.440. The maximum absolute atomic E-state index is 5.33. The molecule has 1 heterocycles. The van der Waals surface area contributed by atoms with Crippen LogP contribution in [0, 0.1) is 0 Å². The Morgan fingerprint density at radius 3 is 3.27 bits per heavy atom. The first-order valence-corrected chi connectivity index (χ1v) is 5.08. The molecule has 0 aromatic carbocycles.